The van der Waals surface area contributed by atoms with Gasteiger partial charge in [-0.25, -0.2) is 0 Å². The number of hydrogen-bond acceptors (Lipinski definition) is 3. The summed E-state index contributed by atoms with van der Waals surface area (Å²) in [5.41, 5.74) is 1.11. The molecule has 1 aromatic rings. The SMILES string of the molecule is CC(=O)CC(=O)OC=C(Br)Cc1ccccc1. The lowest BCUT2D eigenvalue weighted by Gasteiger charge is -2.01. The van der Waals surface area contributed by atoms with Crippen molar-refractivity contribution in [2.75, 3.05) is 0 Å². The highest BCUT2D eigenvalue weighted by Crippen LogP contribution is 2.13. The summed E-state index contributed by atoms with van der Waals surface area (Å²) in [5, 5.41) is 0. The minimum atomic E-state index is -0.539. The minimum Gasteiger partial charge on any atom is -0.433 e. The summed E-state index contributed by atoms with van der Waals surface area (Å²) in [7, 11) is 0. The lowest BCUT2D eigenvalue weighted by Crippen LogP contribution is -2.05. The molecule has 0 fully saturated rings. The number of allylic oxidation sites excluding steroid dienone is 1. The second-order valence-corrected chi connectivity index (χ2v) is 4.61. The van der Waals surface area contributed by atoms with E-state index in [9.17, 15) is 9.59 Å². The van der Waals surface area contributed by atoms with Gasteiger partial charge in [-0.3, -0.25) is 9.59 Å². The van der Waals surface area contributed by atoms with E-state index in [2.05, 4.69) is 15.9 Å². The average Bonchev–Trinajstić information content (AvgIpc) is 2.27. The molecule has 0 N–H and O–H groups in total. The molecule has 3 nitrogen and oxygen atoms in total. The number of carbonyl (C=O) groups excluding carboxylic acids is 2. The lowest BCUT2D eigenvalue weighted by atomic mass is 10.1. The van der Waals surface area contributed by atoms with Crippen LogP contribution in [0.5, 0.6) is 0 Å². The smallest absolute Gasteiger partial charge is 0.318 e. The van der Waals surface area contributed by atoms with Gasteiger partial charge in [0.2, 0.25) is 0 Å². The van der Waals surface area contributed by atoms with E-state index in [1.807, 2.05) is 30.3 Å². The van der Waals surface area contributed by atoms with Gasteiger partial charge in [0.05, 0.1) is 0 Å². The molecule has 1 aromatic carbocycles. The van der Waals surface area contributed by atoms with Gasteiger partial charge in [0.25, 0.3) is 0 Å². The average molecular weight is 297 g/mol. The molecule has 90 valence electrons. The van der Waals surface area contributed by atoms with Gasteiger partial charge >= 0.3 is 5.97 Å². The molecule has 0 radical (unpaired) electrons. The number of esters is 1. The van der Waals surface area contributed by atoms with Crippen LogP contribution in [0.15, 0.2) is 41.1 Å². The molecule has 0 aromatic heterocycles. The number of ether oxygens (including phenoxy) is 1. The Labute approximate surface area is 109 Å². The minimum absolute atomic E-state index is 0.192. The second-order valence-electron chi connectivity index (χ2n) is 3.60. The topological polar surface area (TPSA) is 43.4 Å². The maximum absolute atomic E-state index is 11.1. The zero-order valence-corrected chi connectivity index (χ0v) is 11.1. The Morgan fingerprint density at radius 3 is 2.53 bits per heavy atom. The van der Waals surface area contributed by atoms with Gasteiger partial charge in [0.15, 0.2) is 0 Å². The van der Waals surface area contributed by atoms with Gasteiger partial charge in [-0.1, -0.05) is 46.3 Å². The molecule has 0 saturated carbocycles. The Morgan fingerprint density at radius 2 is 1.94 bits per heavy atom. The van der Waals surface area contributed by atoms with Gasteiger partial charge in [-0.2, -0.15) is 0 Å². The molecule has 0 aliphatic rings. The van der Waals surface area contributed by atoms with Gasteiger partial charge in [0, 0.05) is 10.9 Å². The maximum atomic E-state index is 11.1. The second kappa shape index (κ2) is 7.01. The van der Waals surface area contributed by atoms with E-state index in [0.717, 1.165) is 10.0 Å². The number of Topliss-reactive ketones (excluding diaryl/α,β-unsaturated/α-hetero) is 1. The summed E-state index contributed by atoms with van der Waals surface area (Å²) < 4.78 is 5.57. The summed E-state index contributed by atoms with van der Waals surface area (Å²) >= 11 is 3.31. The number of ketones is 1. The van der Waals surface area contributed by atoms with Crippen molar-refractivity contribution in [3.63, 3.8) is 0 Å². The van der Waals surface area contributed by atoms with Gasteiger partial charge in [-0.15, -0.1) is 0 Å². The van der Waals surface area contributed by atoms with Crippen LogP contribution in [0.4, 0.5) is 0 Å². The number of hydrogen-bond donors (Lipinski definition) is 0. The van der Waals surface area contributed by atoms with E-state index >= 15 is 0 Å². The number of rotatable bonds is 5. The Hall–Kier alpha value is -1.42. The van der Waals surface area contributed by atoms with Gasteiger partial charge in [-0.05, 0) is 12.5 Å². The predicted octanol–water partition coefficient (Wildman–Crippen LogP) is 2.99. The van der Waals surface area contributed by atoms with Crippen LogP contribution in [0.1, 0.15) is 18.9 Å². The van der Waals surface area contributed by atoms with E-state index < -0.39 is 5.97 Å². The molecule has 0 unspecified atom stereocenters. The largest absolute Gasteiger partial charge is 0.433 e. The summed E-state index contributed by atoms with van der Waals surface area (Å²) in [6.07, 6.45) is 1.79. The van der Waals surface area contributed by atoms with Crippen molar-refractivity contribution in [2.45, 2.75) is 19.8 Å². The molecule has 1 rings (SSSR count). The third-order valence-electron chi connectivity index (χ3n) is 1.93. The molecule has 0 atom stereocenters. The van der Waals surface area contributed by atoms with Crippen molar-refractivity contribution in [1.29, 1.82) is 0 Å². The molecular formula is C13H13BrO3. The van der Waals surface area contributed by atoms with Crippen LogP contribution >= 0.6 is 15.9 Å². The molecule has 0 aliphatic heterocycles. The van der Waals surface area contributed by atoms with Crippen LogP contribution in [0, 0.1) is 0 Å². The van der Waals surface area contributed by atoms with E-state index in [4.69, 9.17) is 4.74 Å². The Balaban J connectivity index is 2.45. The van der Waals surface area contributed by atoms with Gasteiger partial charge in [0.1, 0.15) is 18.5 Å². The molecule has 0 spiro atoms. The number of halogens is 1. The first-order valence-electron chi connectivity index (χ1n) is 5.15. The lowest BCUT2D eigenvalue weighted by molar-refractivity contribution is -0.140. The van der Waals surface area contributed by atoms with Crippen molar-refractivity contribution in [2.24, 2.45) is 0 Å². The predicted molar refractivity (Wildman–Crippen MR) is 68.5 cm³/mol. The Kier molecular flexibility index (Phi) is 5.63. The van der Waals surface area contributed by atoms with Crippen LogP contribution in [0.3, 0.4) is 0 Å². The van der Waals surface area contributed by atoms with Crippen LogP contribution in [0.25, 0.3) is 0 Å². The molecule has 0 heterocycles. The third kappa shape index (κ3) is 6.02. The first-order valence-corrected chi connectivity index (χ1v) is 5.94. The van der Waals surface area contributed by atoms with Crippen LogP contribution in [0.2, 0.25) is 0 Å². The van der Waals surface area contributed by atoms with Crippen molar-refractivity contribution in [1.82, 2.24) is 0 Å². The zero-order valence-electron chi connectivity index (χ0n) is 9.48. The first kappa shape index (κ1) is 13.6. The van der Waals surface area contributed by atoms with E-state index in [1.54, 1.807) is 0 Å². The molecule has 17 heavy (non-hydrogen) atoms. The monoisotopic (exact) mass is 296 g/mol. The zero-order chi connectivity index (χ0) is 12.7. The van der Waals surface area contributed by atoms with Crippen LogP contribution < -0.4 is 0 Å². The quantitative estimate of drug-likeness (QED) is 0.477. The first-order chi connectivity index (χ1) is 8.08. The molecule has 4 heteroatoms. The highest BCUT2D eigenvalue weighted by molar-refractivity contribution is 9.11. The summed E-state index contributed by atoms with van der Waals surface area (Å²) in [6.45, 7) is 1.35. The van der Waals surface area contributed by atoms with E-state index in [1.165, 1.54) is 13.2 Å². The van der Waals surface area contributed by atoms with Crippen LogP contribution in [-0.2, 0) is 20.7 Å². The van der Waals surface area contributed by atoms with Crippen molar-refractivity contribution >= 4 is 27.7 Å². The fourth-order valence-electron chi connectivity index (χ4n) is 1.21. The highest BCUT2D eigenvalue weighted by Gasteiger charge is 2.05. The Bertz CT molecular complexity index is 424. The van der Waals surface area contributed by atoms with Crippen molar-refractivity contribution < 1.29 is 14.3 Å². The standard InChI is InChI=1S/C13H13BrO3/c1-10(15)7-13(16)17-9-12(14)8-11-5-3-2-4-6-11/h2-6,9H,7-8H2,1H3. The maximum Gasteiger partial charge on any atom is 0.318 e. The summed E-state index contributed by atoms with van der Waals surface area (Å²) in [5.74, 6) is -0.745. The summed E-state index contributed by atoms with van der Waals surface area (Å²) in [4.78, 5) is 21.8. The fraction of sp³-hybridized carbons (Fsp3) is 0.231. The third-order valence-corrected chi connectivity index (χ3v) is 2.39. The number of benzene rings is 1. The highest BCUT2D eigenvalue weighted by atomic mass is 79.9. The number of carbonyl (C=O) groups is 2. The van der Waals surface area contributed by atoms with Crippen molar-refractivity contribution in [3.05, 3.63) is 46.6 Å². The van der Waals surface area contributed by atoms with Crippen molar-refractivity contribution in [3.8, 4) is 0 Å². The molecule has 0 saturated heterocycles. The van der Waals surface area contributed by atoms with Gasteiger partial charge < -0.3 is 4.74 Å². The van der Waals surface area contributed by atoms with E-state index in [0.29, 0.717) is 6.42 Å². The molecule has 0 amide bonds. The summed E-state index contributed by atoms with van der Waals surface area (Å²) in [6, 6.07) is 9.78. The Morgan fingerprint density at radius 1 is 1.29 bits per heavy atom. The fourth-order valence-corrected chi connectivity index (χ4v) is 1.62. The van der Waals surface area contributed by atoms with Crippen LogP contribution in [-0.4, -0.2) is 11.8 Å². The normalized spacial score (nSPS) is 11.1. The van der Waals surface area contributed by atoms with E-state index in [-0.39, 0.29) is 12.2 Å². The molecule has 0 aliphatic carbocycles. The molecule has 0 bridgehead atoms. The molecular weight excluding hydrogens is 284 g/mol.